The average Bonchev–Trinajstić information content (AvgIpc) is 2.36. The van der Waals surface area contributed by atoms with Gasteiger partial charge >= 0.3 is 5.97 Å². The quantitative estimate of drug-likeness (QED) is 0.462. The summed E-state index contributed by atoms with van der Waals surface area (Å²) in [6.07, 6.45) is 5.61. The molecule has 0 aliphatic heterocycles. The Morgan fingerprint density at radius 2 is 2.00 bits per heavy atom. The van der Waals surface area contributed by atoms with E-state index in [9.17, 15) is 4.79 Å². The molecule has 0 atom stereocenters. The maximum absolute atomic E-state index is 11.7. The number of rotatable bonds is 7. The highest BCUT2D eigenvalue weighted by molar-refractivity contribution is 6.33. The lowest BCUT2D eigenvalue weighted by Gasteiger charge is -2.06. The number of esters is 1. The van der Waals surface area contributed by atoms with E-state index in [0.29, 0.717) is 22.9 Å². The lowest BCUT2D eigenvalue weighted by atomic mass is 10.2. The monoisotopic (exact) mass is 269 g/mol. The minimum Gasteiger partial charge on any atom is -0.462 e. The fraction of sp³-hybridized carbons (Fsp3) is 0.500. The molecule has 0 bridgehead atoms. The van der Waals surface area contributed by atoms with Crippen LogP contribution in [0, 0.1) is 0 Å². The first-order valence-electron chi connectivity index (χ1n) is 6.37. The van der Waals surface area contributed by atoms with Crippen LogP contribution in [0.4, 0.5) is 5.69 Å². The number of benzene rings is 1. The summed E-state index contributed by atoms with van der Waals surface area (Å²) in [5, 5.41) is 0.375. The van der Waals surface area contributed by atoms with Gasteiger partial charge < -0.3 is 10.5 Å². The zero-order chi connectivity index (χ0) is 13.4. The van der Waals surface area contributed by atoms with E-state index in [1.54, 1.807) is 18.2 Å². The first-order valence-corrected chi connectivity index (χ1v) is 6.75. The molecule has 0 unspecified atom stereocenters. The van der Waals surface area contributed by atoms with Crippen molar-refractivity contribution in [2.75, 3.05) is 12.3 Å². The van der Waals surface area contributed by atoms with Crippen LogP contribution in [-0.2, 0) is 4.74 Å². The molecule has 0 heterocycles. The van der Waals surface area contributed by atoms with Crippen molar-refractivity contribution >= 4 is 23.3 Å². The summed E-state index contributed by atoms with van der Waals surface area (Å²) < 4.78 is 5.17. The predicted octanol–water partition coefficient (Wildman–Crippen LogP) is 4.05. The summed E-state index contributed by atoms with van der Waals surface area (Å²) in [4.78, 5) is 11.7. The first kappa shape index (κ1) is 14.8. The summed E-state index contributed by atoms with van der Waals surface area (Å²) in [5.74, 6) is -0.400. The third kappa shape index (κ3) is 4.96. The van der Waals surface area contributed by atoms with Crippen molar-refractivity contribution in [1.82, 2.24) is 0 Å². The van der Waals surface area contributed by atoms with Crippen LogP contribution >= 0.6 is 11.6 Å². The summed E-state index contributed by atoms with van der Waals surface area (Å²) in [6.45, 7) is 2.61. The first-order chi connectivity index (χ1) is 8.65. The summed E-state index contributed by atoms with van der Waals surface area (Å²) >= 11 is 5.92. The fourth-order valence-electron chi connectivity index (χ4n) is 1.65. The number of hydrogen-bond acceptors (Lipinski definition) is 3. The van der Waals surface area contributed by atoms with Gasteiger partial charge in [-0.05, 0) is 24.6 Å². The standard InChI is InChI=1S/C14H20ClNO2/c1-2-3-4-5-6-9-18-14(17)12-10-11(16)7-8-13(12)15/h7-8,10H,2-6,9,16H2,1H3. The average molecular weight is 270 g/mol. The van der Waals surface area contributed by atoms with Gasteiger partial charge in [0.1, 0.15) is 0 Å². The van der Waals surface area contributed by atoms with Crippen LogP contribution in [0.15, 0.2) is 18.2 Å². The molecule has 2 N–H and O–H groups in total. The second-order valence-corrected chi connectivity index (χ2v) is 4.70. The molecule has 1 aromatic carbocycles. The van der Waals surface area contributed by atoms with Crippen molar-refractivity contribution in [3.63, 3.8) is 0 Å². The van der Waals surface area contributed by atoms with Gasteiger partial charge in [0.2, 0.25) is 0 Å². The van der Waals surface area contributed by atoms with E-state index in [1.165, 1.54) is 19.3 Å². The zero-order valence-corrected chi connectivity index (χ0v) is 11.5. The SMILES string of the molecule is CCCCCCCOC(=O)c1cc(N)ccc1Cl. The second kappa shape index (κ2) is 7.98. The Labute approximate surface area is 113 Å². The van der Waals surface area contributed by atoms with Gasteiger partial charge in [-0.25, -0.2) is 4.79 Å². The molecule has 100 valence electrons. The highest BCUT2D eigenvalue weighted by Crippen LogP contribution is 2.19. The van der Waals surface area contributed by atoms with E-state index in [1.807, 2.05) is 0 Å². The smallest absolute Gasteiger partial charge is 0.339 e. The Hall–Kier alpha value is -1.22. The van der Waals surface area contributed by atoms with Crippen LogP contribution in [0.1, 0.15) is 49.4 Å². The van der Waals surface area contributed by atoms with E-state index >= 15 is 0 Å². The van der Waals surface area contributed by atoms with Crippen LogP contribution in [-0.4, -0.2) is 12.6 Å². The van der Waals surface area contributed by atoms with E-state index in [4.69, 9.17) is 22.1 Å². The Kier molecular flexibility index (Phi) is 6.58. The number of nitrogen functional groups attached to an aromatic ring is 1. The molecule has 18 heavy (non-hydrogen) atoms. The van der Waals surface area contributed by atoms with Crippen molar-refractivity contribution in [1.29, 1.82) is 0 Å². The number of ether oxygens (including phenoxy) is 1. The Morgan fingerprint density at radius 3 is 2.72 bits per heavy atom. The van der Waals surface area contributed by atoms with Crippen molar-refractivity contribution < 1.29 is 9.53 Å². The van der Waals surface area contributed by atoms with E-state index in [-0.39, 0.29) is 0 Å². The number of anilines is 1. The van der Waals surface area contributed by atoms with Crippen molar-refractivity contribution in [3.8, 4) is 0 Å². The Bertz CT molecular complexity index is 393. The molecule has 0 aromatic heterocycles. The van der Waals surface area contributed by atoms with Gasteiger partial charge in [-0.3, -0.25) is 0 Å². The summed E-state index contributed by atoms with van der Waals surface area (Å²) in [6, 6.07) is 4.81. The van der Waals surface area contributed by atoms with Gasteiger partial charge in [0, 0.05) is 5.69 Å². The van der Waals surface area contributed by atoms with Gasteiger partial charge in [-0.2, -0.15) is 0 Å². The molecule has 0 saturated carbocycles. The Balaban J connectivity index is 2.34. The van der Waals surface area contributed by atoms with Gasteiger partial charge in [-0.1, -0.05) is 44.2 Å². The van der Waals surface area contributed by atoms with Gasteiger partial charge in [-0.15, -0.1) is 0 Å². The highest BCUT2D eigenvalue weighted by Gasteiger charge is 2.11. The lowest BCUT2D eigenvalue weighted by molar-refractivity contribution is 0.0498. The molecule has 1 rings (SSSR count). The Morgan fingerprint density at radius 1 is 1.28 bits per heavy atom. The molecule has 0 fully saturated rings. The zero-order valence-electron chi connectivity index (χ0n) is 10.7. The number of halogens is 1. The van der Waals surface area contributed by atoms with Crippen LogP contribution in [0.3, 0.4) is 0 Å². The van der Waals surface area contributed by atoms with Crippen molar-refractivity contribution in [2.45, 2.75) is 39.0 Å². The molecule has 0 amide bonds. The van der Waals surface area contributed by atoms with Gasteiger partial charge in [0.15, 0.2) is 0 Å². The molecular formula is C14H20ClNO2. The van der Waals surface area contributed by atoms with Crippen LogP contribution in [0.25, 0.3) is 0 Å². The minimum absolute atomic E-state index is 0.338. The number of carbonyl (C=O) groups excluding carboxylic acids is 1. The number of unbranched alkanes of at least 4 members (excludes halogenated alkanes) is 4. The summed E-state index contributed by atoms with van der Waals surface area (Å²) in [5.41, 5.74) is 6.46. The lowest BCUT2D eigenvalue weighted by Crippen LogP contribution is -2.07. The molecule has 0 aliphatic rings. The predicted molar refractivity (Wildman–Crippen MR) is 74.9 cm³/mol. The third-order valence-corrected chi connectivity index (χ3v) is 3.02. The van der Waals surface area contributed by atoms with E-state index < -0.39 is 5.97 Å². The maximum Gasteiger partial charge on any atom is 0.339 e. The van der Waals surface area contributed by atoms with Crippen LogP contribution < -0.4 is 5.73 Å². The molecule has 0 aliphatic carbocycles. The topological polar surface area (TPSA) is 52.3 Å². The minimum atomic E-state index is -0.400. The molecule has 3 nitrogen and oxygen atoms in total. The van der Waals surface area contributed by atoms with Crippen molar-refractivity contribution in [2.24, 2.45) is 0 Å². The number of hydrogen-bond donors (Lipinski definition) is 1. The number of nitrogens with two attached hydrogens (primary N) is 1. The van der Waals surface area contributed by atoms with E-state index in [2.05, 4.69) is 6.92 Å². The molecule has 1 aromatic rings. The fourth-order valence-corrected chi connectivity index (χ4v) is 1.84. The normalized spacial score (nSPS) is 10.3. The molecular weight excluding hydrogens is 250 g/mol. The van der Waals surface area contributed by atoms with Crippen LogP contribution in [0.5, 0.6) is 0 Å². The van der Waals surface area contributed by atoms with Crippen molar-refractivity contribution in [3.05, 3.63) is 28.8 Å². The largest absolute Gasteiger partial charge is 0.462 e. The molecule has 0 saturated heterocycles. The second-order valence-electron chi connectivity index (χ2n) is 4.29. The number of carbonyl (C=O) groups is 1. The summed E-state index contributed by atoms with van der Waals surface area (Å²) in [7, 11) is 0. The van der Waals surface area contributed by atoms with Gasteiger partial charge in [0.25, 0.3) is 0 Å². The maximum atomic E-state index is 11.7. The molecule has 4 heteroatoms. The highest BCUT2D eigenvalue weighted by atomic mass is 35.5. The van der Waals surface area contributed by atoms with E-state index in [0.717, 1.165) is 12.8 Å². The van der Waals surface area contributed by atoms with Gasteiger partial charge in [0.05, 0.1) is 17.2 Å². The van der Waals surface area contributed by atoms with Crippen LogP contribution in [0.2, 0.25) is 5.02 Å². The molecule has 0 radical (unpaired) electrons. The molecule has 0 spiro atoms. The third-order valence-electron chi connectivity index (χ3n) is 2.69.